The van der Waals surface area contributed by atoms with Crippen LogP contribution < -0.4 is 15.4 Å². The number of anilines is 1. The molecule has 1 aromatic rings. The molecule has 0 unspecified atom stereocenters. The molecule has 0 radical (unpaired) electrons. The number of urea groups is 1. The van der Waals surface area contributed by atoms with Gasteiger partial charge in [-0.2, -0.15) is 0 Å². The molecule has 112 valence electrons. The van der Waals surface area contributed by atoms with Gasteiger partial charge >= 0.3 is 6.03 Å². The van der Waals surface area contributed by atoms with Crippen molar-refractivity contribution in [1.29, 1.82) is 0 Å². The molecule has 0 spiro atoms. The summed E-state index contributed by atoms with van der Waals surface area (Å²) in [7, 11) is 1.59. The minimum Gasteiger partial charge on any atom is -0.495 e. The lowest BCUT2D eigenvalue weighted by Gasteiger charge is -2.16. The zero-order valence-corrected chi connectivity index (χ0v) is 12.7. The zero-order valence-electron chi connectivity index (χ0n) is 12.7. The van der Waals surface area contributed by atoms with E-state index in [2.05, 4.69) is 24.5 Å². The van der Waals surface area contributed by atoms with Crippen LogP contribution in [0.1, 0.15) is 39.5 Å². The number of carbonyl (C=O) groups excluding carboxylic acids is 1. The predicted octanol–water partition coefficient (Wildman–Crippen LogP) is 4.03. The number of benzene rings is 1. The van der Waals surface area contributed by atoms with Crippen molar-refractivity contribution in [3.63, 3.8) is 0 Å². The summed E-state index contributed by atoms with van der Waals surface area (Å²) >= 11 is 0. The highest BCUT2D eigenvalue weighted by Crippen LogP contribution is 2.22. The van der Waals surface area contributed by atoms with E-state index in [-0.39, 0.29) is 6.03 Å². The molecule has 0 aliphatic rings. The van der Waals surface area contributed by atoms with Gasteiger partial charge in [0.15, 0.2) is 0 Å². The Morgan fingerprint density at radius 1 is 1.30 bits per heavy atom. The van der Waals surface area contributed by atoms with Crippen LogP contribution in [0.3, 0.4) is 0 Å². The monoisotopic (exact) mass is 278 g/mol. The molecule has 0 saturated heterocycles. The minimum absolute atomic E-state index is 0.176. The lowest BCUT2D eigenvalue weighted by Crippen LogP contribution is -2.33. The summed E-state index contributed by atoms with van der Waals surface area (Å²) in [5.74, 6) is 1.22. The quantitative estimate of drug-likeness (QED) is 0.754. The van der Waals surface area contributed by atoms with Gasteiger partial charge in [0.2, 0.25) is 0 Å². The third kappa shape index (κ3) is 5.51. The molecule has 1 aromatic carbocycles. The van der Waals surface area contributed by atoms with E-state index >= 15 is 0 Å². The first-order chi connectivity index (χ1) is 9.71. The van der Waals surface area contributed by atoms with E-state index in [0.29, 0.717) is 17.4 Å². The van der Waals surface area contributed by atoms with E-state index in [4.69, 9.17) is 4.74 Å². The molecule has 0 fully saturated rings. The smallest absolute Gasteiger partial charge is 0.319 e. The third-order valence-electron chi connectivity index (χ3n) is 3.45. The summed E-state index contributed by atoms with van der Waals surface area (Å²) in [5, 5.41) is 5.76. The first kappa shape index (κ1) is 16.3. The van der Waals surface area contributed by atoms with E-state index in [9.17, 15) is 4.79 Å². The maximum absolute atomic E-state index is 11.9. The second-order valence-electron chi connectivity index (χ2n) is 4.95. The van der Waals surface area contributed by atoms with Gasteiger partial charge in [0, 0.05) is 6.54 Å². The molecule has 4 nitrogen and oxygen atoms in total. The first-order valence-corrected chi connectivity index (χ1v) is 7.39. The Morgan fingerprint density at radius 2 is 2.05 bits per heavy atom. The van der Waals surface area contributed by atoms with Gasteiger partial charge in [0.1, 0.15) is 5.75 Å². The summed E-state index contributed by atoms with van der Waals surface area (Å²) in [5.41, 5.74) is 0.689. The van der Waals surface area contributed by atoms with Crippen LogP contribution in [0, 0.1) is 5.92 Å². The molecule has 2 amide bonds. The normalized spacial score (nSPS) is 11.8. The fourth-order valence-corrected chi connectivity index (χ4v) is 2.09. The highest BCUT2D eigenvalue weighted by Gasteiger charge is 2.09. The minimum atomic E-state index is -0.176. The van der Waals surface area contributed by atoms with Crippen molar-refractivity contribution >= 4 is 11.7 Å². The Morgan fingerprint density at radius 3 is 2.70 bits per heavy atom. The fourth-order valence-electron chi connectivity index (χ4n) is 2.09. The van der Waals surface area contributed by atoms with Gasteiger partial charge in [0.05, 0.1) is 12.8 Å². The second-order valence-corrected chi connectivity index (χ2v) is 4.95. The summed E-state index contributed by atoms with van der Waals surface area (Å²) in [6, 6.07) is 7.22. The first-order valence-electron chi connectivity index (χ1n) is 7.39. The van der Waals surface area contributed by atoms with Crippen molar-refractivity contribution in [3.8, 4) is 5.75 Å². The Kier molecular flexibility index (Phi) is 7.55. The zero-order chi connectivity index (χ0) is 14.8. The van der Waals surface area contributed by atoms with Crippen molar-refractivity contribution < 1.29 is 9.53 Å². The van der Waals surface area contributed by atoms with Crippen LogP contribution in [0.25, 0.3) is 0 Å². The molecule has 1 atom stereocenters. The Labute approximate surface area is 121 Å². The highest BCUT2D eigenvalue weighted by molar-refractivity contribution is 5.90. The number of ether oxygens (including phenoxy) is 1. The predicted molar refractivity (Wildman–Crippen MR) is 83.3 cm³/mol. The average molecular weight is 278 g/mol. The lowest BCUT2D eigenvalue weighted by molar-refractivity contribution is 0.249. The molecule has 0 heterocycles. The number of carbonyl (C=O) groups is 1. The molecule has 0 aliphatic heterocycles. The fraction of sp³-hybridized carbons (Fsp3) is 0.562. The molecular formula is C16H26N2O2. The van der Waals surface area contributed by atoms with Crippen molar-refractivity contribution in [2.45, 2.75) is 39.5 Å². The van der Waals surface area contributed by atoms with Crippen LogP contribution in [0.2, 0.25) is 0 Å². The van der Waals surface area contributed by atoms with Gasteiger partial charge in [-0.1, -0.05) is 45.2 Å². The second kappa shape index (κ2) is 9.23. The molecule has 1 rings (SSSR count). The average Bonchev–Trinajstić information content (AvgIpc) is 2.48. The van der Waals surface area contributed by atoms with Crippen LogP contribution in [0.4, 0.5) is 10.5 Å². The van der Waals surface area contributed by atoms with Gasteiger partial charge in [0.25, 0.3) is 0 Å². The van der Waals surface area contributed by atoms with Crippen LogP contribution in [0.15, 0.2) is 24.3 Å². The summed E-state index contributed by atoms with van der Waals surface area (Å²) in [6.45, 7) is 5.08. The number of amides is 2. The highest BCUT2D eigenvalue weighted by atomic mass is 16.5. The van der Waals surface area contributed by atoms with E-state index in [1.807, 2.05) is 24.3 Å². The molecule has 20 heavy (non-hydrogen) atoms. The molecule has 0 aromatic heterocycles. The van der Waals surface area contributed by atoms with Gasteiger partial charge < -0.3 is 15.4 Å². The van der Waals surface area contributed by atoms with Crippen molar-refractivity contribution in [3.05, 3.63) is 24.3 Å². The number of para-hydroxylation sites is 2. The van der Waals surface area contributed by atoms with Crippen molar-refractivity contribution in [2.24, 2.45) is 5.92 Å². The maximum Gasteiger partial charge on any atom is 0.319 e. The molecule has 4 heteroatoms. The van der Waals surface area contributed by atoms with E-state index in [1.54, 1.807) is 7.11 Å². The van der Waals surface area contributed by atoms with E-state index < -0.39 is 0 Å². The van der Waals surface area contributed by atoms with Gasteiger partial charge in [-0.25, -0.2) is 4.79 Å². The van der Waals surface area contributed by atoms with E-state index in [0.717, 1.165) is 13.0 Å². The van der Waals surface area contributed by atoms with Crippen molar-refractivity contribution in [2.75, 3.05) is 19.0 Å². The van der Waals surface area contributed by atoms with Crippen LogP contribution >= 0.6 is 0 Å². The van der Waals surface area contributed by atoms with Gasteiger partial charge in [-0.05, 0) is 24.5 Å². The number of unbranched alkanes of at least 4 members (excludes halogenated alkanes) is 1. The molecular weight excluding hydrogens is 252 g/mol. The molecule has 0 saturated carbocycles. The Hall–Kier alpha value is -1.71. The number of hydrogen-bond donors (Lipinski definition) is 2. The molecule has 0 bridgehead atoms. The lowest BCUT2D eigenvalue weighted by atomic mass is 9.99. The number of rotatable bonds is 8. The number of methoxy groups -OCH3 is 1. The van der Waals surface area contributed by atoms with Crippen LogP contribution in [-0.4, -0.2) is 19.7 Å². The Bertz CT molecular complexity index is 407. The maximum atomic E-state index is 11.9. The Balaban J connectivity index is 2.43. The third-order valence-corrected chi connectivity index (χ3v) is 3.45. The van der Waals surface area contributed by atoms with Crippen molar-refractivity contribution in [1.82, 2.24) is 5.32 Å². The molecule has 2 N–H and O–H groups in total. The van der Waals surface area contributed by atoms with Crippen LogP contribution in [0.5, 0.6) is 5.75 Å². The van der Waals surface area contributed by atoms with Crippen LogP contribution in [-0.2, 0) is 0 Å². The largest absolute Gasteiger partial charge is 0.495 e. The van der Waals surface area contributed by atoms with E-state index in [1.165, 1.54) is 19.3 Å². The summed E-state index contributed by atoms with van der Waals surface area (Å²) in [6.07, 6.45) is 4.68. The standard InChI is InChI=1S/C16H26N2O2/c1-4-6-9-13(5-2)12-17-16(19)18-14-10-7-8-11-15(14)20-3/h7-8,10-11,13H,4-6,9,12H2,1-3H3,(H2,17,18,19)/t13-/m1/s1. The summed E-state index contributed by atoms with van der Waals surface area (Å²) < 4.78 is 5.20. The SMILES string of the molecule is CCCC[C@@H](CC)CNC(=O)Nc1ccccc1OC. The summed E-state index contributed by atoms with van der Waals surface area (Å²) in [4.78, 5) is 11.9. The molecule has 0 aliphatic carbocycles. The van der Waals surface area contributed by atoms with Gasteiger partial charge in [-0.15, -0.1) is 0 Å². The topological polar surface area (TPSA) is 50.4 Å². The number of hydrogen-bond acceptors (Lipinski definition) is 2. The van der Waals surface area contributed by atoms with Gasteiger partial charge in [-0.3, -0.25) is 0 Å². The number of nitrogens with one attached hydrogen (secondary N) is 2.